The Kier molecular flexibility index (Phi) is 4.92. The predicted molar refractivity (Wildman–Crippen MR) is 94.2 cm³/mol. The second-order valence-corrected chi connectivity index (χ2v) is 6.68. The third-order valence-electron chi connectivity index (χ3n) is 4.84. The van der Waals surface area contributed by atoms with Gasteiger partial charge in [-0.3, -0.25) is 9.59 Å². The quantitative estimate of drug-likeness (QED) is 0.866. The van der Waals surface area contributed by atoms with Crippen LogP contribution in [0.1, 0.15) is 37.8 Å². The summed E-state index contributed by atoms with van der Waals surface area (Å²) in [6.45, 7) is 3.28. The van der Waals surface area contributed by atoms with Gasteiger partial charge in [0, 0.05) is 32.2 Å². The van der Waals surface area contributed by atoms with Crippen molar-refractivity contribution in [2.75, 3.05) is 25.0 Å². The number of urea groups is 1. The molecular weight excluding hydrogens is 320 g/mol. The van der Waals surface area contributed by atoms with Crippen LogP contribution in [-0.2, 0) is 9.59 Å². The van der Waals surface area contributed by atoms with E-state index < -0.39 is 6.04 Å². The van der Waals surface area contributed by atoms with Crippen LogP contribution in [0.5, 0.6) is 0 Å². The molecule has 2 aliphatic rings. The van der Waals surface area contributed by atoms with Crippen LogP contribution in [0, 0.1) is 0 Å². The van der Waals surface area contributed by atoms with Gasteiger partial charge < -0.3 is 20.4 Å². The average molecular weight is 344 g/mol. The number of anilines is 1. The molecule has 0 spiro atoms. The standard InChI is InChI=1S/C18H24N4O3/c1-12(19-18(25)20-15-8-10-21(2)17(15)24)13-5-3-6-14(11-13)22-9-4-7-16(22)23/h3,5-6,11-12,15H,4,7-10H2,1-2H3,(H2,19,20,25). The fourth-order valence-electron chi connectivity index (χ4n) is 3.32. The largest absolute Gasteiger partial charge is 0.344 e. The first kappa shape index (κ1) is 17.3. The fourth-order valence-corrected chi connectivity index (χ4v) is 3.32. The molecule has 3 rings (SSSR count). The zero-order chi connectivity index (χ0) is 18.0. The minimum absolute atomic E-state index is 0.0580. The molecule has 2 atom stereocenters. The molecule has 1 aromatic carbocycles. The summed E-state index contributed by atoms with van der Waals surface area (Å²) in [5.41, 5.74) is 1.78. The Morgan fingerprint density at radius 3 is 2.72 bits per heavy atom. The molecule has 0 aromatic heterocycles. The molecule has 2 unspecified atom stereocenters. The summed E-state index contributed by atoms with van der Waals surface area (Å²) in [7, 11) is 1.73. The normalized spacial score (nSPS) is 21.6. The number of carbonyl (C=O) groups excluding carboxylic acids is 3. The summed E-state index contributed by atoms with van der Waals surface area (Å²) in [5.74, 6) is 0.0803. The monoisotopic (exact) mass is 344 g/mol. The SMILES string of the molecule is CC(NC(=O)NC1CCN(C)C1=O)c1cccc(N2CCCC2=O)c1. The van der Waals surface area contributed by atoms with Crippen LogP contribution in [0.15, 0.2) is 24.3 Å². The molecule has 4 amide bonds. The topological polar surface area (TPSA) is 81.8 Å². The van der Waals surface area contributed by atoms with Gasteiger partial charge in [0.1, 0.15) is 6.04 Å². The lowest BCUT2D eigenvalue weighted by molar-refractivity contribution is -0.128. The van der Waals surface area contributed by atoms with E-state index in [1.54, 1.807) is 16.8 Å². The molecule has 1 aromatic rings. The van der Waals surface area contributed by atoms with Crippen LogP contribution in [0.2, 0.25) is 0 Å². The van der Waals surface area contributed by atoms with Crippen molar-refractivity contribution in [2.45, 2.75) is 38.3 Å². The molecule has 134 valence electrons. The van der Waals surface area contributed by atoms with Crippen molar-refractivity contribution < 1.29 is 14.4 Å². The van der Waals surface area contributed by atoms with Crippen LogP contribution >= 0.6 is 0 Å². The van der Waals surface area contributed by atoms with Gasteiger partial charge in [0.05, 0.1) is 6.04 Å². The van der Waals surface area contributed by atoms with Gasteiger partial charge in [-0.2, -0.15) is 0 Å². The van der Waals surface area contributed by atoms with Crippen molar-refractivity contribution >= 4 is 23.5 Å². The molecule has 2 fully saturated rings. The Balaban J connectivity index is 1.61. The van der Waals surface area contributed by atoms with Crippen LogP contribution < -0.4 is 15.5 Å². The highest BCUT2D eigenvalue weighted by Crippen LogP contribution is 2.24. The zero-order valence-electron chi connectivity index (χ0n) is 14.6. The molecule has 2 heterocycles. The number of likely N-dealkylation sites (N-methyl/N-ethyl adjacent to an activating group) is 1. The van der Waals surface area contributed by atoms with Gasteiger partial charge >= 0.3 is 6.03 Å². The lowest BCUT2D eigenvalue weighted by Crippen LogP contribution is -2.46. The Hall–Kier alpha value is -2.57. The predicted octanol–water partition coefficient (Wildman–Crippen LogP) is 1.40. The van der Waals surface area contributed by atoms with Gasteiger partial charge in [-0.1, -0.05) is 12.1 Å². The van der Waals surface area contributed by atoms with E-state index in [1.807, 2.05) is 31.2 Å². The number of rotatable bonds is 4. The number of benzene rings is 1. The maximum absolute atomic E-state index is 12.2. The molecule has 0 aliphatic carbocycles. The molecule has 25 heavy (non-hydrogen) atoms. The first-order valence-corrected chi connectivity index (χ1v) is 8.68. The highest BCUT2D eigenvalue weighted by molar-refractivity contribution is 5.95. The van der Waals surface area contributed by atoms with E-state index in [4.69, 9.17) is 0 Å². The Bertz CT molecular complexity index is 691. The smallest absolute Gasteiger partial charge is 0.315 e. The molecule has 0 radical (unpaired) electrons. The van der Waals surface area contributed by atoms with Crippen molar-refractivity contribution in [1.82, 2.24) is 15.5 Å². The van der Waals surface area contributed by atoms with Gasteiger partial charge in [-0.25, -0.2) is 4.79 Å². The van der Waals surface area contributed by atoms with Crippen LogP contribution in [0.4, 0.5) is 10.5 Å². The number of likely N-dealkylation sites (tertiary alicyclic amines) is 1. The second kappa shape index (κ2) is 7.13. The maximum Gasteiger partial charge on any atom is 0.315 e. The summed E-state index contributed by atoms with van der Waals surface area (Å²) < 4.78 is 0. The summed E-state index contributed by atoms with van der Waals surface area (Å²) in [6.07, 6.45) is 2.09. The van der Waals surface area contributed by atoms with E-state index in [0.717, 1.165) is 24.2 Å². The van der Waals surface area contributed by atoms with E-state index in [0.29, 0.717) is 19.4 Å². The summed E-state index contributed by atoms with van der Waals surface area (Å²) in [4.78, 5) is 39.3. The molecule has 2 N–H and O–H groups in total. The molecule has 7 nitrogen and oxygen atoms in total. The lowest BCUT2D eigenvalue weighted by Gasteiger charge is -2.20. The van der Waals surface area contributed by atoms with Crippen molar-refractivity contribution in [3.05, 3.63) is 29.8 Å². The van der Waals surface area contributed by atoms with E-state index in [-0.39, 0.29) is 23.9 Å². The first-order chi connectivity index (χ1) is 12.0. The summed E-state index contributed by atoms with van der Waals surface area (Å²) >= 11 is 0. The van der Waals surface area contributed by atoms with Gasteiger partial charge in [0.2, 0.25) is 11.8 Å². The summed E-state index contributed by atoms with van der Waals surface area (Å²) in [6, 6.07) is 6.61. The van der Waals surface area contributed by atoms with E-state index in [1.165, 1.54) is 0 Å². The van der Waals surface area contributed by atoms with E-state index >= 15 is 0 Å². The van der Waals surface area contributed by atoms with Gasteiger partial charge in [0.15, 0.2) is 0 Å². The number of nitrogens with one attached hydrogen (secondary N) is 2. The highest BCUT2D eigenvalue weighted by Gasteiger charge is 2.30. The minimum atomic E-state index is -0.453. The van der Waals surface area contributed by atoms with Crippen LogP contribution in [0.3, 0.4) is 0 Å². The third kappa shape index (κ3) is 3.75. The molecule has 0 saturated carbocycles. The summed E-state index contributed by atoms with van der Waals surface area (Å²) in [5, 5.41) is 5.59. The van der Waals surface area contributed by atoms with Crippen LogP contribution in [0.25, 0.3) is 0 Å². The second-order valence-electron chi connectivity index (χ2n) is 6.68. The number of amides is 4. The Labute approximate surface area is 147 Å². The number of nitrogens with zero attached hydrogens (tertiary/aromatic N) is 2. The fraction of sp³-hybridized carbons (Fsp3) is 0.500. The molecule has 2 aliphatic heterocycles. The van der Waals surface area contributed by atoms with Crippen molar-refractivity contribution in [3.63, 3.8) is 0 Å². The molecule has 0 bridgehead atoms. The van der Waals surface area contributed by atoms with Crippen LogP contribution in [-0.4, -0.2) is 48.9 Å². The zero-order valence-corrected chi connectivity index (χ0v) is 14.6. The average Bonchev–Trinajstić information content (AvgIpc) is 3.15. The first-order valence-electron chi connectivity index (χ1n) is 8.68. The third-order valence-corrected chi connectivity index (χ3v) is 4.84. The van der Waals surface area contributed by atoms with Crippen molar-refractivity contribution in [1.29, 1.82) is 0 Å². The minimum Gasteiger partial charge on any atom is -0.344 e. The maximum atomic E-state index is 12.2. The van der Waals surface area contributed by atoms with Gasteiger partial charge in [-0.15, -0.1) is 0 Å². The number of hydrogen-bond donors (Lipinski definition) is 2. The van der Waals surface area contributed by atoms with E-state index in [9.17, 15) is 14.4 Å². The number of carbonyl (C=O) groups is 3. The molecule has 7 heteroatoms. The molecule has 2 saturated heterocycles. The Morgan fingerprint density at radius 1 is 1.28 bits per heavy atom. The van der Waals surface area contributed by atoms with Crippen molar-refractivity contribution in [2.24, 2.45) is 0 Å². The molecular formula is C18H24N4O3. The van der Waals surface area contributed by atoms with Gasteiger partial charge in [-0.05, 0) is 37.5 Å². The van der Waals surface area contributed by atoms with Crippen molar-refractivity contribution in [3.8, 4) is 0 Å². The lowest BCUT2D eigenvalue weighted by atomic mass is 10.1. The van der Waals surface area contributed by atoms with E-state index in [2.05, 4.69) is 10.6 Å². The highest BCUT2D eigenvalue weighted by atomic mass is 16.2. The van der Waals surface area contributed by atoms with Gasteiger partial charge in [0.25, 0.3) is 0 Å². The number of hydrogen-bond acceptors (Lipinski definition) is 3. The Morgan fingerprint density at radius 2 is 2.08 bits per heavy atom.